The van der Waals surface area contributed by atoms with E-state index in [1.165, 1.54) is 7.11 Å². The van der Waals surface area contributed by atoms with Crippen molar-refractivity contribution in [3.05, 3.63) is 39.1 Å². The molecule has 2 N–H and O–H groups in total. The third-order valence-electron chi connectivity index (χ3n) is 2.45. The molecule has 2 rings (SSSR count). The van der Waals surface area contributed by atoms with E-state index in [0.717, 1.165) is 23.6 Å². The van der Waals surface area contributed by atoms with Crippen molar-refractivity contribution in [2.75, 3.05) is 12.4 Å². The van der Waals surface area contributed by atoms with Crippen LogP contribution in [0, 0.1) is 10.1 Å². The van der Waals surface area contributed by atoms with E-state index in [4.69, 9.17) is 0 Å². The topological polar surface area (TPSA) is 127 Å². The zero-order valence-electron chi connectivity index (χ0n) is 10.8. The van der Waals surface area contributed by atoms with Crippen LogP contribution in [-0.4, -0.2) is 33.9 Å². The minimum Gasteiger partial charge on any atom is -0.469 e. The maximum atomic E-state index is 11.8. The summed E-state index contributed by atoms with van der Waals surface area (Å²) in [5.74, 6) is -0.986. The van der Waals surface area contributed by atoms with Gasteiger partial charge in [0.15, 0.2) is 5.13 Å². The van der Waals surface area contributed by atoms with Gasteiger partial charge in [-0.25, -0.2) is 4.98 Å². The first-order valence-corrected chi connectivity index (χ1v) is 6.53. The van der Waals surface area contributed by atoms with Gasteiger partial charge in [-0.2, -0.15) is 0 Å². The molecule has 2 heterocycles. The van der Waals surface area contributed by atoms with Gasteiger partial charge in [-0.15, -0.1) is 11.3 Å². The van der Waals surface area contributed by atoms with Crippen molar-refractivity contribution in [2.45, 2.75) is 6.42 Å². The summed E-state index contributed by atoms with van der Waals surface area (Å²) in [6, 6.07) is 1.12. The van der Waals surface area contributed by atoms with Gasteiger partial charge in [0.25, 0.3) is 11.6 Å². The van der Waals surface area contributed by atoms with Crippen LogP contribution in [0.4, 0.5) is 10.8 Å². The number of aromatic nitrogens is 2. The first-order valence-electron chi connectivity index (χ1n) is 5.65. The van der Waals surface area contributed by atoms with Gasteiger partial charge in [0, 0.05) is 11.4 Å². The third kappa shape index (κ3) is 3.63. The highest BCUT2D eigenvalue weighted by Crippen LogP contribution is 2.18. The summed E-state index contributed by atoms with van der Waals surface area (Å²) in [6.07, 6.45) is 1.14. The summed E-state index contributed by atoms with van der Waals surface area (Å²) >= 11 is 1.14. The van der Waals surface area contributed by atoms with Gasteiger partial charge in [-0.1, -0.05) is 0 Å². The molecule has 0 aliphatic rings. The molecule has 1 amide bonds. The molecule has 0 aliphatic heterocycles. The molecule has 110 valence electrons. The van der Waals surface area contributed by atoms with Crippen molar-refractivity contribution in [3.63, 3.8) is 0 Å². The molecule has 21 heavy (non-hydrogen) atoms. The molecule has 9 nitrogen and oxygen atoms in total. The van der Waals surface area contributed by atoms with E-state index in [0.29, 0.717) is 5.69 Å². The quantitative estimate of drug-likeness (QED) is 0.487. The molecule has 0 bridgehead atoms. The minimum atomic E-state index is -0.606. The lowest BCUT2D eigenvalue weighted by Crippen LogP contribution is -2.12. The molecule has 2 aromatic rings. The van der Waals surface area contributed by atoms with E-state index >= 15 is 0 Å². The number of methoxy groups -OCH3 is 1. The average Bonchev–Trinajstić information content (AvgIpc) is 3.07. The number of thiazole rings is 1. The van der Waals surface area contributed by atoms with E-state index < -0.39 is 16.8 Å². The molecule has 0 atom stereocenters. The first kappa shape index (κ1) is 14.7. The molecule has 10 heteroatoms. The summed E-state index contributed by atoms with van der Waals surface area (Å²) in [4.78, 5) is 39.4. The smallest absolute Gasteiger partial charge is 0.311 e. The zero-order valence-corrected chi connectivity index (χ0v) is 11.6. The molecular formula is C11H10N4O5S. The van der Waals surface area contributed by atoms with Crippen molar-refractivity contribution in [1.29, 1.82) is 0 Å². The predicted octanol–water partition coefficient (Wildman–Crippen LogP) is 1.35. The van der Waals surface area contributed by atoms with Crippen LogP contribution in [0.3, 0.4) is 0 Å². The summed E-state index contributed by atoms with van der Waals surface area (Å²) in [6.45, 7) is 0. The Labute approximate surface area is 122 Å². The molecule has 0 unspecified atom stereocenters. The van der Waals surface area contributed by atoms with Crippen molar-refractivity contribution < 1.29 is 19.2 Å². The van der Waals surface area contributed by atoms with Crippen LogP contribution in [0.2, 0.25) is 0 Å². The number of aromatic amines is 1. The standard InChI is InChI=1S/C11H10N4O5S/c1-20-9(16)2-6-5-21-11(13-6)14-10(17)8-3-7(4-12-8)15(18)19/h3-5,12H,2H2,1H3,(H,13,14,17). The fourth-order valence-corrected chi connectivity index (χ4v) is 2.15. The van der Waals surface area contributed by atoms with Crippen LogP contribution in [0.1, 0.15) is 16.2 Å². The number of rotatable bonds is 5. The number of ether oxygens (including phenoxy) is 1. The second kappa shape index (κ2) is 6.13. The van der Waals surface area contributed by atoms with Crippen LogP contribution in [0.15, 0.2) is 17.6 Å². The Kier molecular flexibility index (Phi) is 4.28. The molecule has 0 fully saturated rings. The monoisotopic (exact) mass is 310 g/mol. The second-order valence-electron chi connectivity index (χ2n) is 3.88. The molecule has 0 saturated heterocycles. The van der Waals surface area contributed by atoms with Crippen molar-refractivity contribution in [3.8, 4) is 0 Å². The fraction of sp³-hybridized carbons (Fsp3) is 0.182. The fourth-order valence-electron chi connectivity index (χ4n) is 1.45. The van der Waals surface area contributed by atoms with Gasteiger partial charge < -0.3 is 9.72 Å². The number of nitrogens with one attached hydrogen (secondary N) is 2. The Morgan fingerprint density at radius 2 is 2.33 bits per heavy atom. The predicted molar refractivity (Wildman–Crippen MR) is 73.2 cm³/mol. The number of anilines is 1. The lowest BCUT2D eigenvalue weighted by molar-refractivity contribution is -0.384. The number of H-pyrrole nitrogens is 1. The average molecular weight is 310 g/mol. The Morgan fingerprint density at radius 1 is 1.57 bits per heavy atom. The number of amides is 1. The summed E-state index contributed by atoms with van der Waals surface area (Å²) < 4.78 is 4.51. The van der Waals surface area contributed by atoms with Crippen LogP contribution in [0.5, 0.6) is 0 Å². The number of carbonyl (C=O) groups excluding carboxylic acids is 2. The first-order chi connectivity index (χ1) is 9.99. The summed E-state index contributed by atoms with van der Waals surface area (Å²) in [7, 11) is 1.27. The number of carbonyl (C=O) groups is 2. The largest absolute Gasteiger partial charge is 0.469 e. The molecule has 0 radical (unpaired) electrons. The normalized spacial score (nSPS) is 10.1. The zero-order chi connectivity index (χ0) is 15.4. The molecule has 0 aromatic carbocycles. The number of hydrogen-bond donors (Lipinski definition) is 2. The Bertz CT molecular complexity index is 692. The van der Waals surface area contributed by atoms with E-state index in [9.17, 15) is 19.7 Å². The number of nitro groups is 1. The summed E-state index contributed by atoms with van der Waals surface area (Å²) in [5.41, 5.74) is 0.316. The van der Waals surface area contributed by atoms with Gasteiger partial charge >= 0.3 is 5.97 Å². The SMILES string of the molecule is COC(=O)Cc1csc(NC(=O)c2cc([N+](=O)[O-])c[nH]2)n1. The van der Waals surface area contributed by atoms with E-state index in [1.807, 2.05) is 0 Å². The van der Waals surface area contributed by atoms with E-state index in [1.54, 1.807) is 5.38 Å². The van der Waals surface area contributed by atoms with E-state index in [-0.39, 0.29) is 22.9 Å². The maximum Gasteiger partial charge on any atom is 0.311 e. The highest BCUT2D eigenvalue weighted by atomic mass is 32.1. The van der Waals surface area contributed by atoms with Crippen molar-refractivity contribution in [1.82, 2.24) is 9.97 Å². The molecule has 0 spiro atoms. The van der Waals surface area contributed by atoms with E-state index in [2.05, 4.69) is 20.0 Å². The van der Waals surface area contributed by atoms with Crippen LogP contribution < -0.4 is 5.32 Å². The highest BCUT2D eigenvalue weighted by Gasteiger charge is 2.16. The van der Waals surface area contributed by atoms with Gasteiger partial charge in [0.05, 0.1) is 30.3 Å². The number of hydrogen-bond acceptors (Lipinski definition) is 7. The minimum absolute atomic E-state index is 0.0108. The summed E-state index contributed by atoms with van der Waals surface area (Å²) in [5, 5.41) is 14.9. The second-order valence-corrected chi connectivity index (χ2v) is 4.74. The van der Waals surface area contributed by atoms with Gasteiger partial charge in [0.1, 0.15) is 5.69 Å². The van der Waals surface area contributed by atoms with Crippen molar-refractivity contribution in [2.24, 2.45) is 0 Å². The van der Waals surface area contributed by atoms with Crippen LogP contribution in [0.25, 0.3) is 0 Å². The molecule has 0 aliphatic carbocycles. The van der Waals surface area contributed by atoms with Crippen molar-refractivity contribution >= 4 is 34.0 Å². The Morgan fingerprint density at radius 3 is 2.95 bits per heavy atom. The number of esters is 1. The lowest BCUT2D eigenvalue weighted by atomic mass is 10.3. The van der Waals surface area contributed by atoms with Crippen LogP contribution >= 0.6 is 11.3 Å². The molecule has 0 saturated carbocycles. The molecular weight excluding hydrogens is 300 g/mol. The lowest BCUT2D eigenvalue weighted by Gasteiger charge is -1.98. The van der Waals surface area contributed by atoms with Gasteiger partial charge in [-0.05, 0) is 0 Å². The Balaban J connectivity index is 2.02. The van der Waals surface area contributed by atoms with Gasteiger partial charge in [0.2, 0.25) is 0 Å². The third-order valence-corrected chi connectivity index (χ3v) is 3.26. The Hall–Kier alpha value is -2.75. The maximum absolute atomic E-state index is 11.8. The van der Waals surface area contributed by atoms with Crippen LogP contribution in [-0.2, 0) is 16.0 Å². The number of nitrogens with zero attached hydrogens (tertiary/aromatic N) is 2. The highest BCUT2D eigenvalue weighted by molar-refractivity contribution is 7.14. The molecule has 2 aromatic heterocycles. The van der Waals surface area contributed by atoms with Gasteiger partial charge in [-0.3, -0.25) is 25.0 Å².